The number of benzene rings is 1. The first-order chi connectivity index (χ1) is 16.7. The van der Waals surface area contributed by atoms with E-state index in [9.17, 15) is 4.79 Å². The van der Waals surface area contributed by atoms with Crippen molar-refractivity contribution in [2.75, 3.05) is 23.7 Å². The van der Waals surface area contributed by atoms with Crippen LogP contribution in [0.2, 0.25) is 5.02 Å². The fraction of sp³-hybridized carbons (Fsp3) is 0.440. The number of Topliss-reactive ketones (excluding diaryl/α,β-unsaturated/α-hetero) is 1. The summed E-state index contributed by atoms with van der Waals surface area (Å²) >= 11 is 6.22. The van der Waals surface area contributed by atoms with Crippen LogP contribution in [0.25, 0.3) is 0 Å². The second kappa shape index (κ2) is 10.7. The number of nitrogens with one attached hydrogen (secondary N) is 3. The fourth-order valence-electron chi connectivity index (χ4n) is 4.57. The minimum absolute atomic E-state index is 0.0545. The normalized spacial score (nSPS) is 15.7. The van der Waals surface area contributed by atoms with Crippen LogP contribution in [0.3, 0.4) is 0 Å². The number of anilines is 4. The molecule has 0 radical (unpaired) electrons. The van der Waals surface area contributed by atoms with Gasteiger partial charge in [-0.15, -0.1) is 0 Å². The molecule has 0 spiro atoms. The monoisotopic (exact) mass is 499 g/mol. The second-order valence-corrected chi connectivity index (χ2v) is 9.48. The molecular formula is C25H31ClFN7O. The Morgan fingerprint density at radius 3 is 2.66 bits per heavy atom. The molecule has 1 aromatic carbocycles. The van der Waals surface area contributed by atoms with Crippen molar-refractivity contribution in [3.63, 3.8) is 0 Å². The SMILES string of the molecule is CCC(=O)[C@H](C)N1CCC(c2cc(F)c(Nc3ncc(Cl)c(Nc4cc(C)[nH]n4)n3)cc2C)CC1. The van der Waals surface area contributed by atoms with Crippen LogP contribution >= 0.6 is 11.6 Å². The molecule has 35 heavy (non-hydrogen) atoms. The maximum Gasteiger partial charge on any atom is 0.229 e. The summed E-state index contributed by atoms with van der Waals surface area (Å²) in [6.45, 7) is 9.43. The van der Waals surface area contributed by atoms with E-state index in [1.54, 1.807) is 12.1 Å². The van der Waals surface area contributed by atoms with E-state index in [1.165, 1.54) is 6.20 Å². The maximum absolute atomic E-state index is 15.1. The van der Waals surface area contributed by atoms with Crippen molar-refractivity contribution in [3.8, 4) is 0 Å². The van der Waals surface area contributed by atoms with E-state index in [4.69, 9.17) is 11.6 Å². The van der Waals surface area contributed by atoms with Crippen molar-refractivity contribution < 1.29 is 9.18 Å². The van der Waals surface area contributed by atoms with Crippen LogP contribution in [-0.2, 0) is 4.79 Å². The second-order valence-electron chi connectivity index (χ2n) is 9.07. The number of halogens is 2. The van der Waals surface area contributed by atoms with Gasteiger partial charge in [-0.3, -0.25) is 14.8 Å². The molecular weight excluding hydrogens is 469 g/mol. The highest BCUT2D eigenvalue weighted by Crippen LogP contribution is 2.34. The average Bonchev–Trinajstić information content (AvgIpc) is 3.26. The van der Waals surface area contributed by atoms with Crippen LogP contribution < -0.4 is 10.6 Å². The highest BCUT2D eigenvalue weighted by Gasteiger charge is 2.27. The summed E-state index contributed by atoms with van der Waals surface area (Å²) in [7, 11) is 0. The predicted octanol–water partition coefficient (Wildman–Crippen LogP) is 5.64. The van der Waals surface area contributed by atoms with E-state index in [1.807, 2.05) is 33.8 Å². The number of carbonyl (C=O) groups is 1. The van der Waals surface area contributed by atoms with Crippen LogP contribution in [0, 0.1) is 19.7 Å². The number of rotatable bonds is 8. The van der Waals surface area contributed by atoms with E-state index in [-0.39, 0.29) is 29.5 Å². The highest BCUT2D eigenvalue weighted by molar-refractivity contribution is 6.32. The van der Waals surface area contributed by atoms with Crippen molar-refractivity contribution in [1.82, 2.24) is 25.1 Å². The number of ketones is 1. The Morgan fingerprint density at radius 2 is 2.00 bits per heavy atom. The lowest BCUT2D eigenvalue weighted by atomic mass is 9.86. The Morgan fingerprint density at radius 1 is 1.26 bits per heavy atom. The molecule has 1 aliphatic rings. The minimum Gasteiger partial charge on any atom is -0.322 e. The van der Waals surface area contributed by atoms with Crippen molar-refractivity contribution in [2.24, 2.45) is 0 Å². The summed E-state index contributed by atoms with van der Waals surface area (Å²) in [4.78, 5) is 22.9. The highest BCUT2D eigenvalue weighted by atomic mass is 35.5. The first-order valence-corrected chi connectivity index (χ1v) is 12.3. The van der Waals surface area contributed by atoms with E-state index in [0.29, 0.717) is 28.8 Å². The van der Waals surface area contributed by atoms with Gasteiger partial charge in [-0.05, 0) is 75.9 Å². The third-order valence-corrected chi connectivity index (χ3v) is 6.91. The topological polar surface area (TPSA) is 98.8 Å². The zero-order chi connectivity index (χ0) is 25.1. The molecule has 186 valence electrons. The smallest absolute Gasteiger partial charge is 0.229 e. The van der Waals surface area contributed by atoms with E-state index < -0.39 is 0 Å². The minimum atomic E-state index is -0.362. The van der Waals surface area contributed by atoms with Gasteiger partial charge in [0.1, 0.15) is 16.6 Å². The Hall–Kier alpha value is -3.04. The third kappa shape index (κ3) is 5.79. The molecule has 3 aromatic rings. The van der Waals surface area contributed by atoms with Crippen molar-refractivity contribution in [1.29, 1.82) is 0 Å². The van der Waals surface area contributed by atoms with Gasteiger partial charge < -0.3 is 10.6 Å². The molecule has 0 amide bonds. The predicted molar refractivity (Wildman–Crippen MR) is 136 cm³/mol. The van der Waals surface area contributed by atoms with Crippen LogP contribution in [0.5, 0.6) is 0 Å². The number of aromatic nitrogens is 4. The molecule has 2 aromatic heterocycles. The van der Waals surface area contributed by atoms with Crippen molar-refractivity contribution >= 4 is 40.7 Å². The summed E-state index contributed by atoms with van der Waals surface area (Å²) in [5.74, 6) is 1.32. The lowest BCUT2D eigenvalue weighted by Gasteiger charge is -2.36. The molecule has 1 saturated heterocycles. The molecule has 3 N–H and O–H groups in total. The first kappa shape index (κ1) is 25.1. The lowest BCUT2D eigenvalue weighted by molar-refractivity contribution is -0.123. The van der Waals surface area contributed by atoms with Crippen LogP contribution in [0.15, 0.2) is 24.4 Å². The molecule has 0 aliphatic carbocycles. The van der Waals surface area contributed by atoms with Crippen LogP contribution in [0.1, 0.15) is 55.8 Å². The lowest BCUT2D eigenvalue weighted by Crippen LogP contribution is -2.43. The van der Waals surface area contributed by atoms with E-state index in [0.717, 1.165) is 42.8 Å². The largest absolute Gasteiger partial charge is 0.322 e. The van der Waals surface area contributed by atoms with Crippen LogP contribution in [-0.4, -0.2) is 50.0 Å². The Kier molecular flexibility index (Phi) is 7.66. The molecule has 3 heterocycles. The van der Waals surface area contributed by atoms with Gasteiger partial charge in [0.15, 0.2) is 11.6 Å². The molecule has 0 unspecified atom stereocenters. The molecule has 0 saturated carbocycles. The molecule has 1 aliphatic heterocycles. The molecule has 0 bridgehead atoms. The van der Waals surface area contributed by atoms with Gasteiger partial charge in [-0.1, -0.05) is 18.5 Å². The Bertz CT molecular complexity index is 1210. The number of aromatic amines is 1. The van der Waals surface area contributed by atoms with E-state index >= 15 is 4.39 Å². The maximum atomic E-state index is 15.1. The third-order valence-electron chi connectivity index (χ3n) is 6.63. The zero-order valence-electron chi connectivity index (χ0n) is 20.5. The molecule has 1 fully saturated rings. The van der Waals surface area contributed by atoms with E-state index in [2.05, 4.69) is 35.7 Å². The standard InChI is InChI=1S/C25H31ClFN7O/c1-5-22(35)16(4)34-8-6-17(7-9-34)18-12-20(27)21(10-14(18)2)29-25-28-13-19(26)24(31-25)30-23-11-15(3)32-33-23/h10-13,16-17H,5-9H2,1-4H3,(H3,28,29,30,31,32,33)/t16-/m0/s1. The van der Waals surface area contributed by atoms with Gasteiger partial charge in [-0.2, -0.15) is 10.1 Å². The number of carbonyl (C=O) groups excluding carboxylic acids is 1. The summed E-state index contributed by atoms with van der Waals surface area (Å²) in [6.07, 6.45) is 3.81. The number of hydrogen-bond acceptors (Lipinski definition) is 7. The van der Waals surface area contributed by atoms with Crippen LogP contribution in [0.4, 0.5) is 27.7 Å². The Balaban J connectivity index is 1.46. The zero-order valence-corrected chi connectivity index (χ0v) is 21.2. The summed E-state index contributed by atoms with van der Waals surface area (Å²) in [5.41, 5.74) is 3.21. The van der Waals surface area contributed by atoms with Gasteiger partial charge >= 0.3 is 0 Å². The Labute approximate surface area is 209 Å². The average molecular weight is 500 g/mol. The number of hydrogen-bond donors (Lipinski definition) is 3. The number of nitrogens with zero attached hydrogens (tertiary/aromatic N) is 4. The molecule has 1 atom stereocenters. The fourth-order valence-corrected chi connectivity index (χ4v) is 4.71. The summed E-state index contributed by atoms with van der Waals surface area (Å²) < 4.78 is 15.1. The molecule has 8 nitrogen and oxygen atoms in total. The number of aryl methyl sites for hydroxylation is 2. The number of H-pyrrole nitrogens is 1. The number of likely N-dealkylation sites (tertiary alicyclic amines) is 1. The summed E-state index contributed by atoms with van der Waals surface area (Å²) in [6, 6.07) is 5.17. The van der Waals surface area contributed by atoms with Gasteiger partial charge in [-0.25, -0.2) is 9.37 Å². The van der Waals surface area contributed by atoms with Crippen molar-refractivity contribution in [2.45, 2.75) is 58.9 Å². The quantitative estimate of drug-likeness (QED) is 0.368. The van der Waals surface area contributed by atoms with Crippen molar-refractivity contribution in [3.05, 3.63) is 52.1 Å². The van der Waals surface area contributed by atoms with Gasteiger partial charge in [0.05, 0.1) is 17.9 Å². The first-order valence-electron chi connectivity index (χ1n) is 11.9. The molecule has 10 heteroatoms. The number of piperidine rings is 1. The van der Waals surface area contributed by atoms with Gasteiger partial charge in [0, 0.05) is 18.2 Å². The molecule has 4 rings (SSSR count). The summed E-state index contributed by atoms with van der Waals surface area (Å²) in [5, 5.41) is 13.3. The van der Waals surface area contributed by atoms with Gasteiger partial charge in [0.25, 0.3) is 0 Å². The van der Waals surface area contributed by atoms with Gasteiger partial charge in [0.2, 0.25) is 5.95 Å².